The average molecular weight is 169 g/mol. The fraction of sp³-hybridized carbons (Fsp3) is 0.900. The molecule has 1 unspecified atom stereocenters. The van der Waals surface area contributed by atoms with Gasteiger partial charge in [-0.1, -0.05) is 13.8 Å². The van der Waals surface area contributed by atoms with Gasteiger partial charge < -0.3 is 4.90 Å². The maximum atomic E-state index is 11.5. The second-order valence-electron chi connectivity index (χ2n) is 3.81. The molecule has 0 aromatic rings. The number of carbonyl (C=O) groups excluding carboxylic acids is 1. The fourth-order valence-corrected chi connectivity index (χ4v) is 1.68. The van der Waals surface area contributed by atoms with E-state index in [1.54, 1.807) is 0 Å². The molecule has 0 aromatic carbocycles. The lowest BCUT2D eigenvalue weighted by Crippen LogP contribution is -2.30. The number of hydrogen-bond acceptors (Lipinski definition) is 1. The number of nitrogens with zero attached hydrogens (tertiary/aromatic N) is 1. The molecule has 0 saturated carbocycles. The van der Waals surface area contributed by atoms with Crippen LogP contribution in [0.2, 0.25) is 0 Å². The van der Waals surface area contributed by atoms with Crippen molar-refractivity contribution in [3.63, 3.8) is 0 Å². The van der Waals surface area contributed by atoms with Crippen molar-refractivity contribution in [1.82, 2.24) is 4.90 Å². The van der Waals surface area contributed by atoms with E-state index in [2.05, 4.69) is 13.8 Å². The molecule has 2 nitrogen and oxygen atoms in total. The van der Waals surface area contributed by atoms with E-state index in [-0.39, 0.29) is 0 Å². The molecule has 12 heavy (non-hydrogen) atoms. The molecule has 0 radical (unpaired) electrons. The van der Waals surface area contributed by atoms with E-state index < -0.39 is 0 Å². The smallest absolute Gasteiger partial charge is 0.222 e. The van der Waals surface area contributed by atoms with Crippen LogP contribution in [0.25, 0.3) is 0 Å². The fourth-order valence-electron chi connectivity index (χ4n) is 1.68. The van der Waals surface area contributed by atoms with E-state index in [4.69, 9.17) is 0 Å². The van der Waals surface area contributed by atoms with Crippen LogP contribution >= 0.6 is 0 Å². The van der Waals surface area contributed by atoms with Crippen molar-refractivity contribution >= 4 is 5.91 Å². The third-order valence-electron chi connectivity index (χ3n) is 2.59. The van der Waals surface area contributed by atoms with Crippen molar-refractivity contribution in [2.24, 2.45) is 5.92 Å². The Hall–Kier alpha value is -0.530. The van der Waals surface area contributed by atoms with Crippen LogP contribution in [0.1, 0.15) is 39.5 Å². The molecule has 0 spiro atoms. The lowest BCUT2D eigenvalue weighted by Gasteiger charge is -2.19. The summed E-state index contributed by atoms with van der Waals surface area (Å²) in [5.41, 5.74) is 0. The summed E-state index contributed by atoms with van der Waals surface area (Å²) in [6.45, 7) is 6.30. The van der Waals surface area contributed by atoms with Crippen LogP contribution < -0.4 is 0 Å². The number of hydrogen-bond donors (Lipinski definition) is 0. The second kappa shape index (κ2) is 4.48. The van der Waals surface area contributed by atoms with Crippen LogP contribution in [-0.4, -0.2) is 23.9 Å². The van der Waals surface area contributed by atoms with Crippen molar-refractivity contribution in [3.05, 3.63) is 0 Å². The number of amides is 1. The summed E-state index contributed by atoms with van der Waals surface area (Å²) in [5.74, 6) is 1.09. The summed E-state index contributed by atoms with van der Waals surface area (Å²) in [7, 11) is 0. The summed E-state index contributed by atoms with van der Waals surface area (Å²) < 4.78 is 0. The van der Waals surface area contributed by atoms with Gasteiger partial charge in [0.1, 0.15) is 0 Å². The standard InChI is InChI=1S/C10H19NO/c1-3-7-11-8-6-9(2)4-5-10(11)12/h9H,3-8H2,1-2H3. The van der Waals surface area contributed by atoms with Crippen LogP contribution in [-0.2, 0) is 4.79 Å². The molecular weight excluding hydrogens is 150 g/mol. The van der Waals surface area contributed by atoms with Gasteiger partial charge in [-0.15, -0.1) is 0 Å². The summed E-state index contributed by atoms with van der Waals surface area (Å²) >= 11 is 0. The van der Waals surface area contributed by atoms with Gasteiger partial charge >= 0.3 is 0 Å². The Bertz CT molecular complexity index is 156. The summed E-state index contributed by atoms with van der Waals surface area (Å²) in [4.78, 5) is 13.5. The molecule has 0 aliphatic carbocycles. The van der Waals surface area contributed by atoms with Crippen molar-refractivity contribution in [1.29, 1.82) is 0 Å². The van der Waals surface area contributed by atoms with Gasteiger partial charge in [-0.05, 0) is 25.2 Å². The summed E-state index contributed by atoms with van der Waals surface area (Å²) in [6.07, 6.45) is 4.12. The Balaban J connectivity index is 2.44. The van der Waals surface area contributed by atoms with Crippen LogP contribution in [0.4, 0.5) is 0 Å². The normalized spacial score (nSPS) is 25.7. The van der Waals surface area contributed by atoms with Crippen LogP contribution in [0.5, 0.6) is 0 Å². The van der Waals surface area contributed by atoms with Gasteiger partial charge in [-0.3, -0.25) is 4.79 Å². The van der Waals surface area contributed by atoms with E-state index in [9.17, 15) is 4.79 Å². The molecule has 70 valence electrons. The van der Waals surface area contributed by atoms with Gasteiger partial charge in [0.25, 0.3) is 0 Å². The lowest BCUT2D eigenvalue weighted by molar-refractivity contribution is -0.130. The van der Waals surface area contributed by atoms with E-state index in [1.807, 2.05) is 4.90 Å². The second-order valence-corrected chi connectivity index (χ2v) is 3.81. The van der Waals surface area contributed by atoms with E-state index in [0.717, 1.165) is 38.3 Å². The third kappa shape index (κ3) is 2.50. The van der Waals surface area contributed by atoms with Gasteiger partial charge in [-0.25, -0.2) is 0 Å². The highest BCUT2D eigenvalue weighted by molar-refractivity contribution is 5.76. The first-order chi connectivity index (χ1) is 5.74. The van der Waals surface area contributed by atoms with Crippen molar-refractivity contribution in [2.45, 2.75) is 39.5 Å². The Labute approximate surface area is 74.9 Å². The van der Waals surface area contributed by atoms with Crippen molar-refractivity contribution in [2.75, 3.05) is 13.1 Å². The van der Waals surface area contributed by atoms with Gasteiger partial charge in [0.2, 0.25) is 5.91 Å². The third-order valence-corrected chi connectivity index (χ3v) is 2.59. The Morgan fingerprint density at radius 1 is 1.50 bits per heavy atom. The Morgan fingerprint density at radius 2 is 2.25 bits per heavy atom. The SMILES string of the molecule is CCCN1CCC(C)CCC1=O. The predicted molar refractivity (Wildman–Crippen MR) is 49.9 cm³/mol. The van der Waals surface area contributed by atoms with Crippen LogP contribution in [0.3, 0.4) is 0 Å². The van der Waals surface area contributed by atoms with Crippen LogP contribution in [0.15, 0.2) is 0 Å². The number of carbonyl (C=O) groups is 1. The number of likely N-dealkylation sites (tertiary alicyclic amines) is 1. The maximum absolute atomic E-state index is 11.5. The topological polar surface area (TPSA) is 20.3 Å². The van der Waals surface area contributed by atoms with Crippen molar-refractivity contribution in [3.8, 4) is 0 Å². The minimum Gasteiger partial charge on any atom is -0.343 e. The van der Waals surface area contributed by atoms with E-state index >= 15 is 0 Å². The molecule has 1 amide bonds. The first-order valence-corrected chi connectivity index (χ1v) is 5.01. The quantitative estimate of drug-likeness (QED) is 0.619. The zero-order chi connectivity index (χ0) is 8.97. The molecule has 0 N–H and O–H groups in total. The van der Waals surface area contributed by atoms with Gasteiger partial charge in [0.15, 0.2) is 0 Å². The summed E-state index contributed by atoms with van der Waals surface area (Å²) in [6, 6.07) is 0. The molecule has 1 atom stereocenters. The van der Waals surface area contributed by atoms with Gasteiger partial charge in [-0.2, -0.15) is 0 Å². The first-order valence-electron chi connectivity index (χ1n) is 5.01. The summed E-state index contributed by atoms with van der Waals surface area (Å²) in [5, 5.41) is 0. The molecule has 1 aliphatic heterocycles. The average Bonchev–Trinajstić information content (AvgIpc) is 2.20. The minimum absolute atomic E-state index is 0.362. The molecule has 1 heterocycles. The number of rotatable bonds is 2. The first kappa shape index (κ1) is 9.56. The molecule has 1 fully saturated rings. The lowest BCUT2D eigenvalue weighted by atomic mass is 10.0. The molecule has 1 rings (SSSR count). The zero-order valence-corrected chi connectivity index (χ0v) is 8.18. The molecule has 1 saturated heterocycles. The monoisotopic (exact) mass is 169 g/mol. The van der Waals surface area contributed by atoms with Crippen LogP contribution in [0, 0.1) is 5.92 Å². The maximum Gasteiger partial charge on any atom is 0.222 e. The zero-order valence-electron chi connectivity index (χ0n) is 8.18. The minimum atomic E-state index is 0.362. The molecule has 1 aliphatic rings. The molecule has 0 bridgehead atoms. The Morgan fingerprint density at radius 3 is 2.92 bits per heavy atom. The Kier molecular flexibility index (Phi) is 3.57. The molecule has 0 aromatic heterocycles. The molecule has 2 heteroatoms. The highest BCUT2D eigenvalue weighted by atomic mass is 16.2. The highest BCUT2D eigenvalue weighted by Gasteiger charge is 2.18. The van der Waals surface area contributed by atoms with Gasteiger partial charge in [0, 0.05) is 19.5 Å². The van der Waals surface area contributed by atoms with Gasteiger partial charge in [0.05, 0.1) is 0 Å². The van der Waals surface area contributed by atoms with Crippen molar-refractivity contribution < 1.29 is 4.79 Å². The largest absolute Gasteiger partial charge is 0.343 e. The predicted octanol–water partition coefficient (Wildman–Crippen LogP) is 2.04. The highest BCUT2D eigenvalue weighted by Crippen LogP contribution is 2.17. The van der Waals surface area contributed by atoms with E-state index in [1.165, 1.54) is 6.42 Å². The molecular formula is C10H19NO. The van der Waals surface area contributed by atoms with E-state index in [0.29, 0.717) is 5.91 Å².